The zero-order valence-electron chi connectivity index (χ0n) is 10.2. The minimum absolute atomic E-state index is 0.0321. The quantitative estimate of drug-likeness (QED) is 0.736. The van der Waals surface area contributed by atoms with E-state index in [0.717, 1.165) is 24.7 Å². The summed E-state index contributed by atoms with van der Waals surface area (Å²) >= 11 is 0. The van der Waals surface area contributed by atoms with Crippen LogP contribution >= 0.6 is 0 Å². The fourth-order valence-corrected chi connectivity index (χ4v) is 2.96. The van der Waals surface area contributed by atoms with Crippen LogP contribution < -0.4 is 0 Å². The Hall–Kier alpha value is -0.0400. The van der Waals surface area contributed by atoms with E-state index in [1.807, 2.05) is 0 Å². The molecule has 0 aromatic rings. The molecule has 1 aliphatic carbocycles. The number of rotatable bonds is 3. The topological polar surface area (TPSA) is 20.2 Å². The molecule has 0 bridgehead atoms. The number of aliphatic hydroxyl groups excluding tert-OH is 1. The molecule has 0 spiro atoms. The third kappa shape index (κ3) is 3.27. The molecule has 0 saturated heterocycles. The fraction of sp³-hybridized carbons (Fsp3) is 1.00. The Morgan fingerprint density at radius 2 is 1.64 bits per heavy atom. The van der Waals surface area contributed by atoms with Crippen molar-refractivity contribution in [2.24, 2.45) is 23.7 Å². The van der Waals surface area contributed by atoms with Crippen molar-refractivity contribution in [1.29, 1.82) is 0 Å². The van der Waals surface area contributed by atoms with E-state index in [4.69, 9.17) is 0 Å². The van der Waals surface area contributed by atoms with Crippen molar-refractivity contribution in [2.75, 3.05) is 0 Å². The summed E-state index contributed by atoms with van der Waals surface area (Å²) in [7, 11) is 0. The van der Waals surface area contributed by atoms with Crippen molar-refractivity contribution in [2.45, 2.75) is 59.5 Å². The molecule has 0 heterocycles. The molecule has 0 aliphatic heterocycles. The van der Waals surface area contributed by atoms with E-state index in [1.54, 1.807) is 0 Å². The molecule has 2 atom stereocenters. The summed E-state index contributed by atoms with van der Waals surface area (Å²) in [4.78, 5) is 0. The highest BCUT2D eigenvalue weighted by molar-refractivity contribution is 4.82. The van der Waals surface area contributed by atoms with Crippen LogP contribution in [0, 0.1) is 23.7 Å². The van der Waals surface area contributed by atoms with E-state index in [9.17, 15) is 5.11 Å². The van der Waals surface area contributed by atoms with Crippen LogP contribution in [0.3, 0.4) is 0 Å². The van der Waals surface area contributed by atoms with Crippen LogP contribution in [0.5, 0.6) is 0 Å². The monoisotopic (exact) mass is 198 g/mol. The van der Waals surface area contributed by atoms with Crippen LogP contribution in [-0.2, 0) is 0 Å². The maximum Gasteiger partial charge on any atom is 0.0545 e. The van der Waals surface area contributed by atoms with Crippen LogP contribution in [0.4, 0.5) is 0 Å². The van der Waals surface area contributed by atoms with Crippen molar-refractivity contribution in [3.8, 4) is 0 Å². The van der Waals surface area contributed by atoms with E-state index >= 15 is 0 Å². The summed E-state index contributed by atoms with van der Waals surface area (Å²) in [6, 6.07) is 0. The summed E-state index contributed by atoms with van der Waals surface area (Å²) in [5.74, 6) is 3.10. The average Bonchev–Trinajstić information content (AvgIpc) is 2.01. The second-order valence-electron chi connectivity index (χ2n) is 5.71. The average molecular weight is 198 g/mol. The van der Waals surface area contributed by atoms with E-state index in [1.165, 1.54) is 12.8 Å². The molecule has 84 valence electrons. The molecule has 1 N–H and O–H groups in total. The van der Waals surface area contributed by atoms with Gasteiger partial charge in [0.15, 0.2) is 0 Å². The van der Waals surface area contributed by atoms with Crippen LogP contribution in [-0.4, -0.2) is 11.2 Å². The first-order chi connectivity index (χ1) is 6.50. The van der Waals surface area contributed by atoms with Crippen molar-refractivity contribution in [3.63, 3.8) is 0 Å². The second kappa shape index (κ2) is 5.16. The Morgan fingerprint density at radius 1 is 1.14 bits per heavy atom. The van der Waals surface area contributed by atoms with Gasteiger partial charge in [-0.15, -0.1) is 0 Å². The highest BCUT2D eigenvalue weighted by atomic mass is 16.3. The first-order valence-electron chi connectivity index (χ1n) is 6.18. The normalized spacial score (nSPS) is 39.0. The van der Waals surface area contributed by atoms with Gasteiger partial charge in [0.25, 0.3) is 0 Å². The lowest BCUT2D eigenvalue weighted by molar-refractivity contribution is 0.0346. The van der Waals surface area contributed by atoms with Crippen LogP contribution in [0.2, 0.25) is 0 Å². The summed E-state index contributed by atoms with van der Waals surface area (Å²) in [5.41, 5.74) is 0. The largest absolute Gasteiger partial charge is 0.393 e. The zero-order valence-corrected chi connectivity index (χ0v) is 10.2. The van der Waals surface area contributed by atoms with Gasteiger partial charge in [-0.05, 0) is 42.9 Å². The number of aliphatic hydroxyl groups is 1. The summed E-state index contributed by atoms with van der Waals surface area (Å²) in [6.45, 7) is 9.22. The Bertz CT molecular complexity index is 153. The molecule has 1 aliphatic rings. The standard InChI is InChI=1S/C13H26O/c1-9(2)5-6-13-10(3)7-12(14)8-11(13)4/h9-14H,5-8H2,1-4H3. The van der Waals surface area contributed by atoms with E-state index < -0.39 is 0 Å². The predicted molar refractivity (Wildman–Crippen MR) is 61.1 cm³/mol. The van der Waals surface area contributed by atoms with Gasteiger partial charge >= 0.3 is 0 Å². The molecule has 1 saturated carbocycles. The van der Waals surface area contributed by atoms with E-state index in [2.05, 4.69) is 27.7 Å². The Kier molecular flexibility index (Phi) is 4.43. The predicted octanol–water partition coefficient (Wildman–Crippen LogP) is 3.47. The molecular formula is C13H26O. The Morgan fingerprint density at radius 3 is 2.07 bits per heavy atom. The molecule has 14 heavy (non-hydrogen) atoms. The van der Waals surface area contributed by atoms with Gasteiger partial charge in [-0.1, -0.05) is 34.1 Å². The van der Waals surface area contributed by atoms with Crippen molar-refractivity contribution >= 4 is 0 Å². The van der Waals surface area contributed by atoms with Gasteiger partial charge in [0.1, 0.15) is 0 Å². The molecule has 1 nitrogen and oxygen atoms in total. The Balaban J connectivity index is 2.41. The lowest BCUT2D eigenvalue weighted by atomic mass is 9.70. The third-order valence-corrected chi connectivity index (χ3v) is 3.83. The smallest absolute Gasteiger partial charge is 0.0545 e. The minimum Gasteiger partial charge on any atom is -0.393 e. The van der Waals surface area contributed by atoms with E-state index in [0.29, 0.717) is 11.8 Å². The summed E-state index contributed by atoms with van der Waals surface area (Å²) in [6.07, 6.45) is 4.71. The van der Waals surface area contributed by atoms with Crippen LogP contribution in [0.1, 0.15) is 53.4 Å². The van der Waals surface area contributed by atoms with Gasteiger partial charge in [0.2, 0.25) is 0 Å². The third-order valence-electron chi connectivity index (χ3n) is 3.83. The highest BCUT2D eigenvalue weighted by Gasteiger charge is 2.31. The molecule has 1 fully saturated rings. The minimum atomic E-state index is -0.0321. The first kappa shape index (κ1) is 12.0. The molecular weight excluding hydrogens is 172 g/mol. The van der Waals surface area contributed by atoms with E-state index in [-0.39, 0.29) is 6.10 Å². The van der Waals surface area contributed by atoms with Crippen LogP contribution in [0.25, 0.3) is 0 Å². The van der Waals surface area contributed by atoms with Gasteiger partial charge in [-0.2, -0.15) is 0 Å². The molecule has 0 aromatic carbocycles. The molecule has 1 rings (SSSR count). The van der Waals surface area contributed by atoms with Crippen LogP contribution in [0.15, 0.2) is 0 Å². The van der Waals surface area contributed by atoms with Gasteiger partial charge < -0.3 is 5.11 Å². The zero-order chi connectivity index (χ0) is 10.7. The summed E-state index contributed by atoms with van der Waals surface area (Å²) < 4.78 is 0. The lowest BCUT2D eigenvalue weighted by Gasteiger charge is -2.37. The first-order valence-corrected chi connectivity index (χ1v) is 6.18. The molecule has 1 heteroatoms. The number of hydrogen-bond acceptors (Lipinski definition) is 1. The molecule has 0 radical (unpaired) electrons. The van der Waals surface area contributed by atoms with Crippen molar-refractivity contribution in [3.05, 3.63) is 0 Å². The highest BCUT2D eigenvalue weighted by Crippen LogP contribution is 2.37. The summed E-state index contributed by atoms with van der Waals surface area (Å²) in [5, 5.41) is 9.65. The lowest BCUT2D eigenvalue weighted by Crippen LogP contribution is -2.32. The van der Waals surface area contributed by atoms with Gasteiger partial charge in [-0.3, -0.25) is 0 Å². The number of hydrogen-bond donors (Lipinski definition) is 1. The van der Waals surface area contributed by atoms with Gasteiger partial charge in [-0.25, -0.2) is 0 Å². The van der Waals surface area contributed by atoms with Crippen molar-refractivity contribution < 1.29 is 5.11 Å². The Labute approximate surface area is 88.9 Å². The fourth-order valence-electron chi connectivity index (χ4n) is 2.96. The van der Waals surface area contributed by atoms with Gasteiger partial charge in [0.05, 0.1) is 6.10 Å². The maximum atomic E-state index is 9.65. The van der Waals surface area contributed by atoms with Gasteiger partial charge in [0, 0.05) is 0 Å². The SMILES string of the molecule is CC(C)CCC1C(C)CC(O)CC1C. The van der Waals surface area contributed by atoms with Crippen molar-refractivity contribution in [1.82, 2.24) is 0 Å². The maximum absolute atomic E-state index is 9.65. The second-order valence-corrected chi connectivity index (χ2v) is 5.71. The molecule has 0 amide bonds. The molecule has 0 aromatic heterocycles. The molecule has 2 unspecified atom stereocenters.